The number of carbonyl (C=O) groups is 2. The van der Waals surface area contributed by atoms with Gasteiger partial charge in [0.05, 0.1) is 0 Å². The van der Waals surface area contributed by atoms with E-state index in [-0.39, 0.29) is 23.7 Å². The lowest BCUT2D eigenvalue weighted by molar-refractivity contribution is -0.145. The topological polar surface area (TPSA) is 49.9 Å². The maximum Gasteiger partial charge on any atom is 0.268 e. The summed E-state index contributed by atoms with van der Waals surface area (Å²) in [6.07, 6.45) is 0.311. The average molecular weight is 396 g/mol. The molecule has 2 amide bonds. The van der Waals surface area contributed by atoms with E-state index in [0.29, 0.717) is 36.5 Å². The summed E-state index contributed by atoms with van der Waals surface area (Å²) in [5, 5.41) is 0. The summed E-state index contributed by atoms with van der Waals surface area (Å²) >= 11 is 0. The van der Waals surface area contributed by atoms with Gasteiger partial charge in [0.1, 0.15) is 11.6 Å². The third kappa shape index (κ3) is 4.65. The van der Waals surface area contributed by atoms with Crippen LogP contribution < -0.4 is 4.74 Å². The Kier molecular flexibility index (Phi) is 6.32. The Morgan fingerprint density at radius 1 is 1.21 bits per heavy atom. The van der Waals surface area contributed by atoms with Gasteiger partial charge in [-0.15, -0.1) is 0 Å². The van der Waals surface area contributed by atoms with Crippen molar-refractivity contribution in [3.05, 3.63) is 78.1 Å². The van der Waals surface area contributed by atoms with Crippen molar-refractivity contribution in [3.8, 4) is 5.75 Å². The van der Waals surface area contributed by atoms with Gasteiger partial charge in [-0.3, -0.25) is 9.59 Å². The molecule has 0 N–H and O–H groups in total. The molecule has 0 spiro atoms. The molecule has 2 aromatic rings. The van der Waals surface area contributed by atoms with Crippen molar-refractivity contribution in [1.82, 2.24) is 9.80 Å². The fourth-order valence-corrected chi connectivity index (χ4v) is 3.44. The lowest BCUT2D eigenvalue weighted by Crippen LogP contribution is -2.56. The van der Waals surface area contributed by atoms with Crippen molar-refractivity contribution in [1.29, 1.82) is 0 Å². The number of hydrogen-bond donors (Lipinski definition) is 0. The number of ether oxygens (including phenoxy) is 1. The highest BCUT2D eigenvalue weighted by molar-refractivity contribution is 5.88. The monoisotopic (exact) mass is 396 g/mol. The predicted molar refractivity (Wildman–Crippen MR) is 109 cm³/mol. The number of nitrogens with zero attached hydrogens (tertiary/aromatic N) is 2. The van der Waals surface area contributed by atoms with Crippen LogP contribution in [0.5, 0.6) is 5.75 Å². The quantitative estimate of drug-likeness (QED) is 0.727. The summed E-state index contributed by atoms with van der Waals surface area (Å²) in [5.74, 6) is -0.260. The molecule has 0 aliphatic carbocycles. The molecule has 2 atom stereocenters. The molecule has 0 saturated carbocycles. The number of hydrogen-bond acceptors (Lipinski definition) is 3. The zero-order chi connectivity index (χ0) is 21.0. The predicted octanol–water partition coefficient (Wildman–Crippen LogP) is 3.50. The van der Waals surface area contributed by atoms with Crippen LogP contribution in [0, 0.1) is 12.7 Å². The van der Waals surface area contributed by atoms with Crippen LogP contribution in [0.3, 0.4) is 0 Å². The van der Waals surface area contributed by atoms with Gasteiger partial charge in [-0.2, -0.15) is 0 Å². The van der Waals surface area contributed by atoms with Crippen LogP contribution in [0.4, 0.5) is 4.39 Å². The fraction of sp³-hybridized carbons (Fsp3) is 0.304. The molecule has 1 aliphatic heterocycles. The minimum absolute atomic E-state index is 0.148. The smallest absolute Gasteiger partial charge is 0.268 e. The second-order valence-corrected chi connectivity index (χ2v) is 7.19. The molecule has 1 fully saturated rings. The maximum atomic E-state index is 14.2. The fourth-order valence-electron chi connectivity index (χ4n) is 3.44. The van der Waals surface area contributed by atoms with Crippen molar-refractivity contribution in [2.75, 3.05) is 19.6 Å². The Morgan fingerprint density at radius 2 is 1.93 bits per heavy atom. The third-order valence-corrected chi connectivity index (χ3v) is 5.12. The van der Waals surface area contributed by atoms with E-state index in [0.717, 1.165) is 0 Å². The lowest BCUT2D eigenvalue weighted by atomic mass is 10.0. The first-order valence-corrected chi connectivity index (χ1v) is 9.60. The highest BCUT2D eigenvalue weighted by Gasteiger charge is 2.34. The summed E-state index contributed by atoms with van der Waals surface area (Å²) in [5.41, 5.74) is 0.962. The molecule has 0 unspecified atom stereocenters. The van der Waals surface area contributed by atoms with E-state index in [9.17, 15) is 14.0 Å². The number of benzene rings is 2. The molecule has 2 aromatic carbocycles. The molecule has 5 nitrogen and oxygen atoms in total. The Bertz CT molecular complexity index is 900. The zero-order valence-corrected chi connectivity index (χ0v) is 16.7. The number of carbonyl (C=O) groups excluding carboxylic acids is 2. The van der Waals surface area contributed by atoms with Gasteiger partial charge in [0.15, 0.2) is 0 Å². The van der Waals surface area contributed by atoms with Gasteiger partial charge in [-0.25, -0.2) is 4.39 Å². The number of para-hydroxylation sites is 1. The third-order valence-electron chi connectivity index (χ3n) is 5.12. The van der Waals surface area contributed by atoms with E-state index in [1.807, 2.05) is 25.1 Å². The molecule has 0 bridgehead atoms. The van der Waals surface area contributed by atoms with Gasteiger partial charge in [-0.05, 0) is 43.7 Å². The molecular formula is C23H25FN2O3. The number of halogens is 1. The van der Waals surface area contributed by atoms with Crippen LogP contribution in [0.25, 0.3) is 0 Å². The maximum absolute atomic E-state index is 14.2. The number of aryl methyl sites for hydroxylation is 1. The number of rotatable bonds is 5. The van der Waals surface area contributed by atoms with Gasteiger partial charge in [-0.1, -0.05) is 36.9 Å². The molecule has 1 aliphatic rings. The molecule has 152 valence electrons. The minimum Gasteiger partial charge on any atom is -0.476 e. The van der Waals surface area contributed by atoms with Crippen molar-refractivity contribution in [2.24, 2.45) is 0 Å². The van der Waals surface area contributed by atoms with Crippen LogP contribution in [0.2, 0.25) is 0 Å². The van der Waals surface area contributed by atoms with Gasteiger partial charge < -0.3 is 14.5 Å². The Hall–Kier alpha value is -3.15. The van der Waals surface area contributed by atoms with E-state index >= 15 is 0 Å². The largest absolute Gasteiger partial charge is 0.476 e. The van der Waals surface area contributed by atoms with Crippen molar-refractivity contribution in [3.63, 3.8) is 0 Å². The molecule has 1 heterocycles. The van der Waals surface area contributed by atoms with Crippen molar-refractivity contribution >= 4 is 11.8 Å². The molecule has 1 saturated heterocycles. The van der Waals surface area contributed by atoms with E-state index in [1.165, 1.54) is 12.1 Å². The zero-order valence-electron chi connectivity index (χ0n) is 16.7. The summed E-state index contributed by atoms with van der Waals surface area (Å²) < 4.78 is 20.2. The molecule has 3 rings (SSSR count). The van der Waals surface area contributed by atoms with Crippen molar-refractivity contribution < 1.29 is 18.7 Å². The molecule has 0 aromatic heterocycles. The van der Waals surface area contributed by atoms with Crippen LogP contribution in [0.15, 0.2) is 61.2 Å². The van der Waals surface area contributed by atoms with Crippen LogP contribution in [-0.4, -0.2) is 47.3 Å². The lowest BCUT2D eigenvalue weighted by Gasteiger charge is -2.40. The second-order valence-electron chi connectivity index (χ2n) is 7.19. The average Bonchev–Trinajstić information content (AvgIpc) is 2.73. The van der Waals surface area contributed by atoms with Gasteiger partial charge in [0, 0.05) is 31.2 Å². The molecule has 6 heteroatoms. The van der Waals surface area contributed by atoms with Crippen LogP contribution in [0.1, 0.15) is 24.2 Å². The summed E-state index contributed by atoms with van der Waals surface area (Å²) in [7, 11) is 0. The van der Waals surface area contributed by atoms with Crippen LogP contribution in [-0.2, 0) is 9.59 Å². The van der Waals surface area contributed by atoms with E-state index < -0.39 is 6.10 Å². The minimum atomic E-state index is -0.971. The molecule has 0 radical (unpaired) electrons. The first kappa shape index (κ1) is 20.6. The van der Waals surface area contributed by atoms with Gasteiger partial charge >= 0.3 is 0 Å². The van der Waals surface area contributed by atoms with E-state index in [4.69, 9.17) is 4.74 Å². The van der Waals surface area contributed by atoms with E-state index in [1.54, 1.807) is 41.0 Å². The Labute approximate surface area is 170 Å². The van der Waals surface area contributed by atoms with Crippen molar-refractivity contribution in [2.45, 2.75) is 26.0 Å². The van der Waals surface area contributed by atoms with Crippen LogP contribution >= 0.6 is 0 Å². The van der Waals surface area contributed by atoms with Gasteiger partial charge in [0.2, 0.25) is 12.0 Å². The summed E-state index contributed by atoms with van der Waals surface area (Å²) in [6, 6.07) is 13.6. The Balaban J connectivity index is 1.85. The number of amides is 2. The second kappa shape index (κ2) is 8.90. The Morgan fingerprint density at radius 3 is 2.55 bits per heavy atom. The first-order chi connectivity index (χ1) is 13.9. The first-order valence-electron chi connectivity index (χ1n) is 9.60. The number of piperazine rings is 1. The highest BCUT2D eigenvalue weighted by Crippen LogP contribution is 2.26. The summed E-state index contributed by atoms with van der Waals surface area (Å²) in [4.78, 5) is 28.7. The van der Waals surface area contributed by atoms with Gasteiger partial charge in [0.25, 0.3) is 5.91 Å². The van der Waals surface area contributed by atoms with E-state index in [2.05, 4.69) is 6.58 Å². The summed E-state index contributed by atoms with van der Waals surface area (Å²) in [6.45, 7) is 8.26. The highest BCUT2D eigenvalue weighted by atomic mass is 19.1. The standard InChI is InChI=1S/C23H25FN2O3/c1-4-21(27)26-13-12-25(15-17(26)3)23(28)22(29-19-8-6-5-7-9-19)18-11-10-16(2)20(24)14-18/h4-11,14,17,22H,1,12-13,15H2,2-3H3/t17-,22-/m1/s1. The molecular weight excluding hydrogens is 371 g/mol. The normalized spacial score (nSPS) is 17.6. The molecule has 29 heavy (non-hydrogen) atoms. The SMILES string of the molecule is C=CC(=O)N1CCN(C(=O)[C@H](Oc2ccccc2)c2ccc(C)c(F)c2)C[C@H]1C.